The van der Waals surface area contributed by atoms with E-state index >= 15 is 0 Å². The van der Waals surface area contributed by atoms with Crippen molar-refractivity contribution in [2.75, 3.05) is 20.8 Å². The number of carbonyl (C=O) groups is 3. The first-order valence-electron chi connectivity index (χ1n) is 8.35. The zero-order chi connectivity index (χ0) is 20.8. The van der Waals surface area contributed by atoms with Crippen LogP contribution in [-0.4, -0.2) is 66.2 Å². The summed E-state index contributed by atoms with van der Waals surface area (Å²) in [5.41, 5.74) is 0.530. The Morgan fingerprint density at radius 1 is 1.00 bits per heavy atom. The Bertz CT molecular complexity index is 744. The molecule has 0 N–H and O–H groups in total. The molecule has 0 amide bonds. The number of ether oxygens (including phenoxy) is 5. The Hall–Kier alpha value is -2.56. The van der Waals surface area contributed by atoms with Gasteiger partial charge in [0.1, 0.15) is 6.61 Å². The van der Waals surface area contributed by atoms with Crippen LogP contribution in [0.5, 0.6) is 11.9 Å². The highest BCUT2D eigenvalue weighted by atomic mass is 32.2. The lowest BCUT2D eigenvalue weighted by molar-refractivity contribution is -0.165. The SMILES string of the molecule is COc1ncc(C2S[C@H](COC(C)=O)[C@@H](OC(C)=O)[C@H]2OC(C)=O)c(OC)n1. The van der Waals surface area contributed by atoms with Crippen LogP contribution < -0.4 is 9.47 Å². The Labute approximate surface area is 166 Å². The predicted molar refractivity (Wildman–Crippen MR) is 97.0 cm³/mol. The second kappa shape index (κ2) is 9.58. The van der Waals surface area contributed by atoms with E-state index in [9.17, 15) is 14.4 Å². The highest BCUT2D eigenvalue weighted by Crippen LogP contribution is 2.50. The van der Waals surface area contributed by atoms with Gasteiger partial charge < -0.3 is 23.7 Å². The summed E-state index contributed by atoms with van der Waals surface area (Å²) in [7, 11) is 2.86. The standard InChI is InChI=1S/C17H22N2O8S/c1-8(20)25-7-12-13(26-9(2)21)14(27-10(3)22)15(28-12)11-6-18-17(24-5)19-16(11)23-4/h6,12-15H,7H2,1-5H3/t12-,13-,14-,15?/m1/s1. The van der Waals surface area contributed by atoms with Crippen LogP contribution in [0.1, 0.15) is 31.6 Å². The molecule has 2 heterocycles. The van der Waals surface area contributed by atoms with Crippen LogP contribution in [0.25, 0.3) is 0 Å². The summed E-state index contributed by atoms with van der Waals surface area (Å²) in [6.07, 6.45) is -0.182. The molecule has 154 valence electrons. The van der Waals surface area contributed by atoms with E-state index in [2.05, 4.69) is 9.97 Å². The number of thioether (sulfide) groups is 1. The molecule has 10 nitrogen and oxygen atoms in total. The van der Waals surface area contributed by atoms with Gasteiger partial charge in [-0.2, -0.15) is 4.98 Å². The molecule has 28 heavy (non-hydrogen) atoms. The largest absolute Gasteiger partial charge is 0.481 e. The van der Waals surface area contributed by atoms with Gasteiger partial charge in [0.25, 0.3) is 0 Å². The van der Waals surface area contributed by atoms with Crippen LogP contribution in [0.3, 0.4) is 0 Å². The zero-order valence-electron chi connectivity index (χ0n) is 16.2. The molecule has 11 heteroatoms. The molecule has 1 unspecified atom stereocenters. The summed E-state index contributed by atoms with van der Waals surface area (Å²) in [5.74, 6) is -1.33. The monoisotopic (exact) mass is 414 g/mol. The van der Waals surface area contributed by atoms with Crippen LogP contribution in [0.4, 0.5) is 0 Å². The summed E-state index contributed by atoms with van der Waals surface area (Å²) in [4.78, 5) is 42.8. The summed E-state index contributed by atoms with van der Waals surface area (Å²) >= 11 is 1.32. The molecule has 2 rings (SSSR count). The fraction of sp³-hybridized carbons (Fsp3) is 0.588. The average Bonchev–Trinajstić information content (AvgIpc) is 2.95. The zero-order valence-corrected chi connectivity index (χ0v) is 17.0. The van der Waals surface area contributed by atoms with Crippen molar-refractivity contribution in [3.63, 3.8) is 0 Å². The lowest BCUT2D eigenvalue weighted by atomic mass is 10.0. The summed E-state index contributed by atoms with van der Waals surface area (Å²) in [5, 5.41) is -0.983. The molecule has 0 saturated carbocycles. The van der Waals surface area contributed by atoms with Crippen molar-refractivity contribution < 1.29 is 38.1 Å². The normalized spacial score (nSPS) is 23.6. The van der Waals surface area contributed by atoms with Gasteiger partial charge in [-0.1, -0.05) is 0 Å². The van der Waals surface area contributed by atoms with Crippen LogP contribution in [0.2, 0.25) is 0 Å². The maximum absolute atomic E-state index is 11.7. The first kappa shape index (κ1) is 21.7. The quantitative estimate of drug-likeness (QED) is 0.470. The minimum Gasteiger partial charge on any atom is -0.481 e. The molecule has 1 aromatic heterocycles. The van der Waals surface area contributed by atoms with Crippen molar-refractivity contribution in [1.29, 1.82) is 0 Å². The van der Waals surface area contributed by atoms with E-state index in [0.29, 0.717) is 5.56 Å². The Morgan fingerprint density at radius 3 is 2.18 bits per heavy atom. The highest BCUT2D eigenvalue weighted by molar-refractivity contribution is 8.00. The maximum Gasteiger partial charge on any atom is 0.319 e. The number of methoxy groups -OCH3 is 2. The predicted octanol–water partition coefficient (Wildman–Crippen LogP) is 1.08. The van der Waals surface area contributed by atoms with Gasteiger partial charge in [-0.25, -0.2) is 4.98 Å². The van der Waals surface area contributed by atoms with Crippen molar-refractivity contribution in [2.24, 2.45) is 0 Å². The molecular formula is C17H22N2O8S. The molecular weight excluding hydrogens is 392 g/mol. The van der Waals surface area contributed by atoms with E-state index in [1.54, 1.807) is 0 Å². The fourth-order valence-corrected chi connectivity index (χ4v) is 4.35. The first-order chi connectivity index (χ1) is 13.3. The van der Waals surface area contributed by atoms with E-state index < -0.39 is 40.6 Å². The molecule has 0 radical (unpaired) electrons. The Balaban J connectivity index is 2.43. The molecule has 1 aromatic rings. The van der Waals surface area contributed by atoms with E-state index in [1.165, 1.54) is 52.9 Å². The maximum atomic E-state index is 11.7. The van der Waals surface area contributed by atoms with Gasteiger partial charge in [0.2, 0.25) is 5.88 Å². The van der Waals surface area contributed by atoms with Crippen molar-refractivity contribution in [2.45, 2.75) is 43.5 Å². The number of nitrogens with zero attached hydrogens (tertiary/aromatic N) is 2. The van der Waals surface area contributed by atoms with E-state index in [0.717, 1.165) is 0 Å². The van der Waals surface area contributed by atoms with Gasteiger partial charge in [-0.15, -0.1) is 11.8 Å². The van der Waals surface area contributed by atoms with Crippen molar-refractivity contribution in [3.8, 4) is 11.9 Å². The van der Waals surface area contributed by atoms with Crippen LogP contribution >= 0.6 is 11.8 Å². The average molecular weight is 414 g/mol. The van der Waals surface area contributed by atoms with E-state index in [1.807, 2.05) is 0 Å². The van der Waals surface area contributed by atoms with Crippen molar-refractivity contribution >= 4 is 29.7 Å². The number of aromatic nitrogens is 2. The molecule has 0 aliphatic carbocycles. The van der Waals surface area contributed by atoms with Crippen molar-refractivity contribution in [1.82, 2.24) is 9.97 Å². The molecule has 0 aromatic carbocycles. The van der Waals surface area contributed by atoms with Crippen LogP contribution in [0.15, 0.2) is 6.20 Å². The van der Waals surface area contributed by atoms with Gasteiger partial charge in [-0.05, 0) is 0 Å². The second-order valence-electron chi connectivity index (χ2n) is 5.87. The van der Waals surface area contributed by atoms with Crippen LogP contribution in [0, 0.1) is 0 Å². The van der Waals surface area contributed by atoms with Gasteiger partial charge in [0, 0.05) is 32.5 Å². The van der Waals surface area contributed by atoms with Crippen LogP contribution in [-0.2, 0) is 28.6 Å². The smallest absolute Gasteiger partial charge is 0.319 e. The summed E-state index contributed by atoms with van der Waals surface area (Å²) in [6.45, 7) is 3.77. The van der Waals surface area contributed by atoms with Gasteiger partial charge in [-0.3, -0.25) is 14.4 Å². The Morgan fingerprint density at radius 2 is 1.64 bits per heavy atom. The molecule has 1 aliphatic heterocycles. The van der Waals surface area contributed by atoms with E-state index in [4.69, 9.17) is 23.7 Å². The third-order valence-corrected chi connectivity index (χ3v) is 5.37. The molecule has 1 fully saturated rings. The number of hydrogen-bond donors (Lipinski definition) is 0. The molecule has 4 atom stereocenters. The van der Waals surface area contributed by atoms with Gasteiger partial charge in [0.15, 0.2) is 12.2 Å². The first-order valence-corrected chi connectivity index (χ1v) is 9.29. The molecule has 0 spiro atoms. The second-order valence-corrected chi connectivity index (χ2v) is 7.25. The minimum atomic E-state index is -0.849. The third kappa shape index (κ3) is 5.24. The van der Waals surface area contributed by atoms with Gasteiger partial charge in [0.05, 0.1) is 24.7 Å². The molecule has 0 bridgehead atoms. The number of rotatable bonds is 7. The lowest BCUT2D eigenvalue weighted by Gasteiger charge is -2.25. The molecule has 1 aliphatic rings. The highest BCUT2D eigenvalue weighted by Gasteiger charge is 2.50. The Kier molecular flexibility index (Phi) is 7.44. The third-order valence-electron chi connectivity index (χ3n) is 3.81. The summed E-state index contributed by atoms with van der Waals surface area (Å²) in [6, 6.07) is 0.112. The summed E-state index contributed by atoms with van der Waals surface area (Å²) < 4.78 is 26.3. The fourth-order valence-electron chi connectivity index (χ4n) is 2.78. The number of carbonyl (C=O) groups excluding carboxylic acids is 3. The van der Waals surface area contributed by atoms with Gasteiger partial charge >= 0.3 is 23.9 Å². The molecule has 1 saturated heterocycles. The number of esters is 3. The van der Waals surface area contributed by atoms with Crippen molar-refractivity contribution in [3.05, 3.63) is 11.8 Å². The topological polar surface area (TPSA) is 123 Å². The number of hydrogen-bond acceptors (Lipinski definition) is 11. The minimum absolute atomic E-state index is 0.0223. The van der Waals surface area contributed by atoms with E-state index in [-0.39, 0.29) is 18.5 Å². The lowest BCUT2D eigenvalue weighted by Crippen LogP contribution is -2.39.